The van der Waals surface area contributed by atoms with Crippen molar-refractivity contribution in [2.45, 2.75) is 30.6 Å². The fourth-order valence-electron chi connectivity index (χ4n) is 3.93. The number of hydrogen-bond acceptors (Lipinski definition) is 7. The van der Waals surface area contributed by atoms with Gasteiger partial charge in [0.05, 0.1) is 24.9 Å². The van der Waals surface area contributed by atoms with Crippen LogP contribution >= 0.6 is 21.2 Å². The Balaban J connectivity index is 1.72. The average Bonchev–Trinajstić information content (AvgIpc) is 3.39. The molecule has 4 heterocycles. The fraction of sp³-hybridized carbons (Fsp3) is 0.421. The molecule has 0 radical (unpaired) electrons. The Morgan fingerprint density at radius 2 is 2.21 bits per heavy atom. The number of H-pyrrole nitrogens is 1. The van der Waals surface area contributed by atoms with Crippen LogP contribution in [0.5, 0.6) is 0 Å². The van der Waals surface area contributed by atoms with Gasteiger partial charge in [0.15, 0.2) is 5.82 Å². The largest absolute Gasteiger partial charge is 0.377 e. The minimum absolute atomic E-state index is 0.180. The third kappa shape index (κ3) is 3.21. The van der Waals surface area contributed by atoms with Crippen LogP contribution in [0.25, 0.3) is 22.4 Å². The van der Waals surface area contributed by atoms with E-state index in [-0.39, 0.29) is 6.04 Å². The van der Waals surface area contributed by atoms with Crippen LogP contribution in [0.15, 0.2) is 30.6 Å². The van der Waals surface area contributed by atoms with E-state index in [4.69, 9.17) is 19.5 Å². The van der Waals surface area contributed by atoms with Gasteiger partial charge in [0, 0.05) is 57.2 Å². The molecule has 0 amide bonds. The van der Waals surface area contributed by atoms with Gasteiger partial charge in [-0.25, -0.2) is 23.9 Å². The first-order valence-corrected chi connectivity index (χ1v) is 13.6. The molecule has 29 heavy (non-hydrogen) atoms. The molecular formula is C19H21IN6O2S. The highest BCUT2D eigenvalue weighted by molar-refractivity contribution is 14.2. The van der Waals surface area contributed by atoms with Crippen molar-refractivity contribution in [1.29, 1.82) is 4.78 Å². The third-order valence-corrected chi connectivity index (χ3v) is 9.90. The number of halogens is 1. The highest BCUT2D eigenvalue weighted by atomic mass is 127. The SMILES string of the molecule is C[C@@H]1COCCN1c1cc(C2(S(=N)(=O)I)CC2)nc(-c2ccnc3[nH]ccc23)n1. The molecule has 152 valence electrons. The Hall–Kier alpha value is -1.79. The molecule has 8 nitrogen and oxygen atoms in total. The van der Waals surface area contributed by atoms with Crippen molar-refractivity contribution in [2.75, 3.05) is 24.7 Å². The summed E-state index contributed by atoms with van der Waals surface area (Å²) in [6.45, 7) is 1.31. The zero-order chi connectivity index (χ0) is 20.2. The second kappa shape index (κ2) is 6.88. The molecule has 3 aromatic heterocycles. The summed E-state index contributed by atoms with van der Waals surface area (Å²) < 4.78 is 26.0. The van der Waals surface area contributed by atoms with E-state index in [1.807, 2.05) is 24.4 Å². The van der Waals surface area contributed by atoms with E-state index < -0.39 is 11.6 Å². The van der Waals surface area contributed by atoms with Gasteiger partial charge >= 0.3 is 0 Å². The summed E-state index contributed by atoms with van der Waals surface area (Å²) in [4.78, 5) is 19.4. The Bertz CT molecular complexity index is 1190. The van der Waals surface area contributed by atoms with E-state index in [0.29, 0.717) is 37.6 Å². The number of fused-ring (bicyclic) bond motifs is 1. The summed E-state index contributed by atoms with van der Waals surface area (Å²) in [6.07, 6.45) is 5.01. The number of hydrogen-bond donors (Lipinski definition) is 2. The number of anilines is 1. The van der Waals surface area contributed by atoms with Gasteiger partial charge in [-0.15, -0.1) is 0 Å². The third-order valence-electron chi connectivity index (χ3n) is 5.75. The quantitative estimate of drug-likeness (QED) is 0.399. The Labute approximate surface area is 181 Å². The van der Waals surface area contributed by atoms with E-state index >= 15 is 0 Å². The molecule has 2 atom stereocenters. The average molecular weight is 524 g/mol. The van der Waals surface area contributed by atoms with Gasteiger partial charge in [-0.3, -0.25) is 0 Å². The van der Waals surface area contributed by atoms with Gasteiger partial charge in [0.1, 0.15) is 23.1 Å². The van der Waals surface area contributed by atoms with Crippen molar-refractivity contribution in [3.63, 3.8) is 0 Å². The summed E-state index contributed by atoms with van der Waals surface area (Å²) in [7, 11) is 0. The predicted octanol–water partition coefficient (Wildman–Crippen LogP) is 3.63. The van der Waals surface area contributed by atoms with Crippen LogP contribution in [-0.2, 0) is 16.4 Å². The Morgan fingerprint density at radius 3 is 2.93 bits per heavy atom. The maximum atomic E-state index is 12.8. The van der Waals surface area contributed by atoms with E-state index in [0.717, 1.165) is 29.0 Å². The first-order valence-electron chi connectivity index (χ1n) is 9.53. The number of pyridine rings is 1. The van der Waals surface area contributed by atoms with Crippen molar-refractivity contribution >= 4 is 45.0 Å². The Kier molecular flexibility index (Phi) is 4.55. The summed E-state index contributed by atoms with van der Waals surface area (Å²) in [6, 6.07) is 5.98. The van der Waals surface area contributed by atoms with Crippen LogP contribution in [0, 0.1) is 4.78 Å². The number of rotatable bonds is 4. The molecule has 5 rings (SSSR count). The van der Waals surface area contributed by atoms with Gasteiger partial charge in [-0.1, -0.05) is 0 Å². The van der Waals surface area contributed by atoms with Gasteiger partial charge in [0.25, 0.3) is 0 Å². The lowest BCUT2D eigenvalue weighted by molar-refractivity contribution is 0.0985. The molecule has 0 spiro atoms. The van der Waals surface area contributed by atoms with Crippen LogP contribution in [0.4, 0.5) is 5.82 Å². The van der Waals surface area contributed by atoms with Crippen molar-refractivity contribution in [1.82, 2.24) is 19.9 Å². The van der Waals surface area contributed by atoms with Crippen molar-refractivity contribution < 1.29 is 8.95 Å². The minimum Gasteiger partial charge on any atom is -0.377 e. The van der Waals surface area contributed by atoms with Gasteiger partial charge < -0.3 is 14.6 Å². The number of morpholine rings is 1. The molecular weight excluding hydrogens is 503 g/mol. The standard InChI is InChI=1S/C19H21IN6O2S/c1-12-11-28-9-8-26(12)16-10-15(19(4-5-19)29(20,21)27)24-18(25-16)14-3-7-23-17-13(14)2-6-22-17/h2-3,6-7,10,12,21H,4-5,8-9,11H2,1H3,(H,22,23)/t12-,29?/m1/s1. The van der Waals surface area contributed by atoms with Crippen molar-refractivity contribution in [3.05, 3.63) is 36.3 Å². The zero-order valence-corrected chi connectivity index (χ0v) is 18.9. The normalized spacial score (nSPS) is 23.1. The first-order chi connectivity index (χ1) is 13.9. The molecule has 1 aliphatic carbocycles. The molecule has 1 unspecified atom stereocenters. The predicted molar refractivity (Wildman–Crippen MR) is 121 cm³/mol. The van der Waals surface area contributed by atoms with Crippen LogP contribution in [0.2, 0.25) is 0 Å². The molecule has 1 saturated heterocycles. The van der Waals surface area contributed by atoms with Crippen LogP contribution in [0.1, 0.15) is 25.5 Å². The van der Waals surface area contributed by atoms with Crippen molar-refractivity contribution in [2.24, 2.45) is 0 Å². The maximum absolute atomic E-state index is 12.8. The van der Waals surface area contributed by atoms with Crippen LogP contribution in [-0.4, -0.2) is 49.9 Å². The first kappa shape index (κ1) is 19.2. The van der Waals surface area contributed by atoms with Crippen LogP contribution in [0.3, 0.4) is 0 Å². The number of aromatic amines is 1. The zero-order valence-electron chi connectivity index (χ0n) is 15.9. The second-order valence-electron chi connectivity index (χ2n) is 7.63. The molecule has 10 heteroatoms. The molecule has 3 aromatic rings. The summed E-state index contributed by atoms with van der Waals surface area (Å²) in [5.74, 6) is 1.38. The highest BCUT2D eigenvalue weighted by Crippen LogP contribution is 2.55. The smallest absolute Gasteiger partial charge is 0.162 e. The van der Waals surface area contributed by atoms with E-state index in [9.17, 15) is 4.21 Å². The number of nitrogens with one attached hydrogen (secondary N) is 2. The van der Waals surface area contributed by atoms with E-state index in [2.05, 4.69) is 21.8 Å². The summed E-state index contributed by atoms with van der Waals surface area (Å²) in [5, 5.41) is 0.941. The molecule has 2 aliphatic rings. The van der Waals surface area contributed by atoms with Crippen molar-refractivity contribution in [3.8, 4) is 11.4 Å². The van der Waals surface area contributed by atoms with E-state index in [1.54, 1.807) is 27.4 Å². The summed E-state index contributed by atoms with van der Waals surface area (Å²) >= 11 is 1.78. The molecule has 0 bridgehead atoms. The summed E-state index contributed by atoms with van der Waals surface area (Å²) in [5.41, 5.74) is 2.35. The lowest BCUT2D eigenvalue weighted by Gasteiger charge is -2.34. The number of ether oxygens (including phenoxy) is 1. The Morgan fingerprint density at radius 1 is 1.38 bits per heavy atom. The van der Waals surface area contributed by atoms with Gasteiger partial charge in [-0.2, -0.15) is 0 Å². The number of nitrogens with zero attached hydrogens (tertiary/aromatic N) is 4. The minimum atomic E-state index is -2.82. The van der Waals surface area contributed by atoms with Crippen LogP contribution < -0.4 is 4.90 Å². The maximum Gasteiger partial charge on any atom is 0.162 e. The van der Waals surface area contributed by atoms with Gasteiger partial charge in [0.2, 0.25) is 0 Å². The molecule has 1 saturated carbocycles. The molecule has 0 aromatic carbocycles. The topological polar surface area (TPSA) is 108 Å². The molecule has 1 aliphatic heterocycles. The van der Waals surface area contributed by atoms with E-state index in [1.165, 1.54) is 0 Å². The highest BCUT2D eigenvalue weighted by Gasteiger charge is 2.54. The lowest BCUT2D eigenvalue weighted by atomic mass is 10.1. The molecule has 2 N–H and O–H groups in total. The lowest BCUT2D eigenvalue weighted by Crippen LogP contribution is -2.44. The van der Waals surface area contributed by atoms with Gasteiger partial charge in [-0.05, 0) is 31.9 Å². The second-order valence-corrected chi connectivity index (χ2v) is 13.1. The number of aromatic nitrogens is 4. The molecule has 2 fully saturated rings. The monoisotopic (exact) mass is 524 g/mol. The fourth-order valence-corrected chi connectivity index (χ4v) is 6.92.